The number of hydrogen-bond acceptors (Lipinski definition) is 1. The van der Waals surface area contributed by atoms with Gasteiger partial charge in [0.05, 0.1) is 5.52 Å². The second kappa shape index (κ2) is 4.14. The second-order valence-corrected chi connectivity index (χ2v) is 5.71. The summed E-state index contributed by atoms with van der Waals surface area (Å²) < 4.78 is 3.65. The number of benzene rings is 1. The molecule has 1 unspecified atom stereocenters. The number of rotatable bonds is 1. The van der Waals surface area contributed by atoms with Gasteiger partial charge in [-0.15, -0.1) is 0 Å². The van der Waals surface area contributed by atoms with Gasteiger partial charge in [0.15, 0.2) is 0 Å². The minimum atomic E-state index is 0.640. The van der Waals surface area contributed by atoms with Gasteiger partial charge in [-0.05, 0) is 41.4 Å². The Morgan fingerprint density at radius 1 is 1.41 bits per heavy atom. The average molecular weight is 293 g/mol. The van der Waals surface area contributed by atoms with Gasteiger partial charge in [0.1, 0.15) is 0 Å². The van der Waals surface area contributed by atoms with Crippen molar-refractivity contribution in [1.82, 2.24) is 9.88 Å². The van der Waals surface area contributed by atoms with E-state index in [1.54, 1.807) is 0 Å². The number of para-hydroxylation sites is 1. The average Bonchev–Trinajstić information content (AvgIpc) is 2.88. The van der Waals surface area contributed by atoms with E-state index in [2.05, 4.69) is 58.0 Å². The van der Waals surface area contributed by atoms with E-state index in [4.69, 9.17) is 0 Å². The zero-order valence-electron chi connectivity index (χ0n) is 10.3. The largest absolute Gasteiger partial charge is 0.346 e. The predicted molar refractivity (Wildman–Crippen MR) is 75.6 cm³/mol. The molecular formula is C14H17BrN2. The van der Waals surface area contributed by atoms with E-state index in [1.165, 1.54) is 33.1 Å². The summed E-state index contributed by atoms with van der Waals surface area (Å²) in [6.07, 6.45) is 1.24. The van der Waals surface area contributed by atoms with Crippen LogP contribution in [-0.4, -0.2) is 17.7 Å². The zero-order chi connectivity index (χ0) is 12.0. The number of nitrogens with one attached hydrogen (secondary N) is 1. The second-order valence-electron chi connectivity index (χ2n) is 4.92. The highest BCUT2D eigenvalue weighted by molar-refractivity contribution is 9.10. The molecule has 2 heterocycles. The van der Waals surface area contributed by atoms with E-state index in [-0.39, 0.29) is 0 Å². The van der Waals surface area contributed by atoms with Crippen molar-refractivity contribution in [1.29, 1.82) is 0 Å². The van der Waals surface area contributed by atoms with Crippen LogP contribution in [0.2, 0.25) is 0 Å². The van der Waals surface area contributed by atoms with Gasteiger partial charge in [-0.2, -0.15) is 0 Å². The van der Waals surface area contributed by atoms with Gasteiger partial charge in [0, 0.05) is 35.1 Å². The molecule has 0 saturated carbocycles. The highest BCUT2D eigenvalue weighted by Crippen LogP contribution is 2.37. The van der Waals surface area contributed by atoms with E-state index in [9.17, 15) is 0 Å². The lowest BCUT2D eigenvalue weighted by Gasteiger charge is -2.12. The Labute approximate surface area is 110 Å². The van der Waals surface area contributed by atoms with Gasteiger partial charge >= 0.3 is 0 Å². The molecule has 1 saturated heterocycles. The molecule has 17 heavy (non-hydrogen) atoms. The molecule has 1 fully saturated rings. The number of aryl methyl sites for hydroxylation is 2. The topological polar surface area (TPSA) is 17.0 Å². The molecule has 1 N–H and O–H groups in total. The molecule has 2 aromatic rings. The quantitative estimate of drug-likeness (QED) is 0.853. The molecule has 1 aromatic heterocycles. The predicted octanol–water partition coefficient (Wildman–Crippen LogP) is 3.33. The summed E-state index contributed by atoms with van der Waals surface area (Å²) in [6.45, 7) is 4.42. The van der Waals surface area contributed by atoms with E-state index < -0.39 is 0 Å². The lowest BCUT2D eigenvalue weighted by molar-refractivity contribution is 0.690. The van der Waals surface area contributed by atoms with Crippen molar-refractivity contribution >= 4 is 26.8 Å². The van der Waals surface area contributed by atoms with Crippen molar-refractivity contribution in [3.63, 3.8) is 0 Å². The maximum Gasteiger partial charge on any atom is 0.0521 e. The summed E-state index contributed by atoms with van der Waals surface area (Å²) in [7, 11) is 2.19. The molecule has 2 nitrogen and oxygen atoms in total. The van der Waals surface area contributed by atoms with Crippen LogP contribution < -0.4 is 5.32 Å². The molecule has 1 atom stereocenters. The van der Waals surface area contributed by atoms with Crippen molar-refractivity contribution < 1.29 is 0 Å². The Morgan fingerprint density at radius 2 is 2.24 bits per heavy atom. The summed E-state index contributed by atoms with van der Waals surface area (Å²) in [5, 5.41) is 4.79. The fourth-order valence-corrected chi connectivity index (χ4v) is 3.94. The molecule has 0 spiro atoms. The first-order valence-electron chi connectivity index (χ1n) is 6.14. The van der Waals surface area contributed by atoms with Crippen molar-refractivity contribution in [2.24, 2.45) is 7.05 Å². The van der Waals surface area contributed by atoms with Crippen LogP contribution in [0, 0.1) is 6.92 Å². The third-order valence-electron chi connectivity index (χ3n) is 3.84. The third-order valence-corrected chi connectivity index (χ3v) is 4.68. The highest BCUT2D eigenvalue weighted by Gasteiger charge is 2.24. The van der Waals surface area contributed by atoms with Crippen LogP contribution in [0.3, 0.4) is 0 Å². The normalized spacial score (nSPS) is 20.3. The number of aromatic nitrogens is 1. The van der Waals surface area contributed by atoms with Crippen LogP contribution in [0.25, 0.3) is 10.9 Å². The molecular weight excluding hydrogens is 276 g/mol. The zero-order valence-corrected chi connectivity index (χ0v) is 11.8. The lowest BCUT2D eigenvalue weighted by Crippen LogP contribution is -2.10. The van der Waals surface area contributed by atoms with Crippen molar-refractivity contribution in [2.75, 3.05) is 13.1 Å². The molecule has 0 amide bonds. The molecule has 0 bridgehead atoms. The number of fused-ring (bicyclic) bond motifs is 1. The molecule has 1 aliphatic rings. The Balaban J connectivity index is 2.28. The lowest BCUT2D eigenvalue weighted by atomic mass is 10.0. The number of hydrogen-bond donors (Lipinski definition) is 1. The SMILES string of the molecule is Cc1cccc2c(Br)c(C3CCNC3)n(C)c12. The molecule has 90 valence electrons. The van der Waals surface area contributed by atoms with Gasteiger partial charge in [-0.25, -0.2) is 0 Å². The third kappa shape index (κ3) is 1.64. The highest BCUT2D eigenvalue weighted by atomic mass is 79.9. The van der Waals surface area contributed by atoms with Gasteiger partial charge in [0.25, 0.3) is 0 Å². The van der Waals surface area contributed by atoms with Crippen LogP contribution in [-0.2, 0) is 7.05 Å². The first-order valence-corrected chi connectivity index (χ1v) is 6.93. The summed E-state index contributed by atoms with van der Waals surface area (Å²) in [4.78, 5) is 0. The van der Waals surface area contributed by atoms with Crippen molar-refractivity contribution in [3.05, 3.63) is 33.9 Å². The standard InChI is InChI=1S/C14H17BrN2/c1-9-4-3-5-11-12(15)14(17(2)13(9)11)10-6-7-16-8-10/h3-5,10,16H,6-8H2,1-2H3. The smallest absolute Gasteiger partial charge is 0.0521 e. The van der Waals surface area contributed by atoms with E-state index in [0.717, 1.165) is 13.1 Å². The summed E-state index contributed by atoms with van der Waals surface area (Å²) in [5.74, 6) is 0.640. The fraction of sp³-hybridized carbons (Fsp3) is 0.429. The minimum absolute atomic E-state index is 0.640. The Bertz CT molecular complexity index is 565. The van der Waals surface area contributed by atoms with Crippen LogP contribution >= 0.6 is 15.9 Å². The monoisotopic (exact) mass is 292 g/mol. The Morgan fingerprint density at radius 3 is 2.88 bits per heavy atom. The van der Waals surface area contributed by atoms with E-state index in [0.29, 0.717) is 5.92 Å². The molecule has 3 rings (SSSR count). The first kappa shape index (κ1) is 11.3. The van der Waals surface area contributed by atoms with Gasteiger partial charge in [-0.1, -0.05) is 18.2 Å². The minimum Gasteiger partial charge on any atom is -0.346 e. The van der Waals surface area contributed by atoms with E-state index in [1.807, 2.05) is 0 Å². The molecule has 3 heteroatoms. The Hall–Kier alpha value is -0.800. The van der Waals surface area contributed by atoms with Gasteiger partial charge in [-0.3, -0.25) is 0 Å². The van der Waals surface area contributed by atoms with Crippen LogP contribution in [0.15, 0.2) is 22.7 Å². The summed E-state index contributed by atoms with van der Waals surface area (Å²) in [6, 6.07) is 6.53. The molecule has 1 aliphatic heterocycles. The number of nitrogens with zero attached hydrogens (tertiary/aromatic N) is 1. The van der Waals surface area contributed by atoms with Crippen molar-refractivity contribution in [2.45, 2.75) is 19.3 Å². The molecule has 1 aromatic carbocycles. The van der Waals surface area contributed by atoms with Gasteiger partial charge < -0.3 is 9.88 Å². The van der Waals surface area contributed by atoms with Gasteiger partial charge in [0.2, 0.25) is 0 Å². The van der Waals surface area contributed by atoms with Crippen LogP contribution in [0.5, 0.6) is 0 Å². The molecule has 0 radical (unpaired) electrons. The van der Waals surface area contributed by atoms with Crippen molar-refractivity contribution in [3.8, 4) is 0 Å². The maximum absolute atomic E-state index is 3.80. The maximum atomic E-state index is 3.80. The number of halogens is 1. The first-order chi connectivity index (χ1) is 8.20. The summed E-state index contributed by atoms with van der Waals surface area (Å²) >= 11 is 3.80. The Kier molecular flexibility index (Phi) is 2.75. The summed E-state index contributed by atoms with van der Waals surface area (Å²) in [5.41, 5.74) is 4.16. The fourth-order valence-electron chi connectivity index (χ4n) is 3.03. The van der Waals surface area contributed by atoms with E-state index >= 15 is 0 Å². The van der Waals surface area contributed by atoms with Crippen LogP contribution in [0.4, 0.5) is 0 Å². The van der Waals surface area contributed by atoms with Crippen LogP contribution in [0.1, 0.15) is 23.6 Å². The molecule has 0 aliphatic carbocycles.